The quantitative estimate of drug-likeness (QED) is 0.718. The molecule has 0 unspecified atom stereocenters. The summed E-state index contributed by atoms with van der Waals surface area (Å²) < 4.78 is 26.9. The van der Waals surface area contributed by atoms with Crippen LogP contribution in [-0.4, -0.2) is 28.2 Å². The summed E-state index contributed by atoms with van der Waals surface area (Å²) in [6.07, 6.45) is 0.509. The maximum absolute atomic E-state index is 13.9. The van der Waals surface area contributed by atoms with Crippen LogP contribution in [0.2, 0.25) is 0 Å². The SMILES string of the molecule is O=C(Nc1nc2c(s1)CN(C(=O)c1ccc(F)cc1F)CC2)c1ccsc1. The molecule has 2 aromatic heterocycles. The monoisotopic (exact) mass is 405 g/mol. The van der Waals surface area contributed by atoms with Gasteiger partial charge in [0.05, 0.1) is 23.4 Å². The number of aromatic nitrogens is 1. The van der Waals surface area contributed by atoms with E-state index in [1.54, 1.807) is 11.4 Å². The number of carbonyl (C=O) groups is 2. The summed E-state index contributed by atoms with van der Waals surface area (Å²) in [7, 11) is 0. The van der Waals surface area contributed by atoms with Crippen molar-refractivity contribution in [3.05, 3.63) is 68.4 Å². The highest BCUT2D eigenvalue weighted by Gasteiger charge is 2.27. The molecular formula is C18H13F2N3O2S2. The van der Waals surface area contributed by atoms with E-state index in [0.717, 1.165) is 22.7 Å². The van der Waals surface area contributed by atoms with E-state index in [9.17, 15) is 18.4 Å². The highest BCUT2D eigenvalue weighted by Crippen LogP contribution is 2.29. The minimum absolute atomic E-state index is 0.157. The Morgan fingerprint density at radius 3 is 2.81 bits per heavy atom. The van der Waals surface area contributed by atoms with E-state index in [0.29, 0.717) is 29.7 Å². The minimum Gasteiger partial charge on any atom is -0.333 e. The molecule has 0 saturated heterocycles. The number of fused-ring (bicyclic) bond motifs is 1. The number of nitrogens with one attached hydrogen (secondary N) is 1. The number of hydrogen-bond donors (Lipinski definition) is 1. The topological polar surface area (TPSA) is 62.3 Å². The average molecular weight is 405 g/mol. The number of benzene rings is 1. The Balaban J connectivity index is 1.49. The summed E-state index contributed by atoms with van der Waals surface area (Å²) in [6, 6.07) is 4.65. The molecule has 1 aliphatic heterocycles. The Kier molecular flexibility index (Phi) is 4.71. The number of hydrogen-bond acceptors (Lipinski definition) is 5. The molecular weight excluding hydrogens is 392 g/mol. The van der Waals surface area contributed by atoms with Gasteiger partial charge in [-0.15, -0.1) is 0 Å². The molecule has 0 atom stereocenters. The fourth-order valence-electron chi connectivity index (χ4n) is 2.82. The van der Waals surface area contributed by atoms with Crippen molar-refractivity contribution in [3.63, 3.8) is 0 Å². The number of thiazole rings is 1. The summed E-state index contributed by atoms with van der Waals surface area (Å²) >= 11 is 2.73. The first-order valence-electron chi connectivity index (χ1n) is 8.07. The Morgan fingerprint density at radius 2 is 2.07 bits per heavy atom. The van der Waals surface area contributed by atoms with E-state index in [1.165, 1.54) is 27.6 Å². The van der Waals surface area contributed by atoms with Gasteiger partial charge in [-0.3, -0.25) is 14.9 Å². The van der Waals surface area contributed by atoms with Gasteiger partial charge in [-0.1, -0.05) is 11.3 Å². The van der Waals surface area contributed by atoms with Crippen molar-refractivity contribution in [2.45, 2.75) is 13.0 Å². The van der Waals surface area contributed by atoms with Crippen molar-refractivity contribution in [2.24, 2.45) is 0 Å². The van der Waals surface area contributed by atoms with Gasteiger partial charge in [0, 0.05) is 29.3 Å². The van der Waals surface area contributed by atoms with Crippen LogP contribution in [0.4, 0.5) is 13.9 Å². The first-order chi connectivity index (χ1) is 13.0. The van der Waals surface area contributed by atoms with Crippen molar-refractivity contribution in [1.82, 2.24) is 9.88 Å². The highest BCUT2D eigenvalue weighted by molar-refractivity contribution is 7.16. The first-order valence-corrected chi connectivity index (χ1v) is 9.83. The highest BCUT2D eigenvalue weighted by atomic mass is 32.1. The molecule has 4 rings (SSSR count). The molecule has 0 fully saturated rings. The number of anilines is 1. The van der Waals surface area contributed by atoms with E-state index in [-0.39, 0.29) is 18.0 Å². The third kappa shape index (κ3) is 3.60. The van der Waals surface area contributed by atoms with Crippen molar-refractivity contribution < 1.29 is 18.4 Å². The average Bonchev–Trinajstić information content (AvgIpc) is 3.30. The van der Waals surface area contributed by atoms with Crippen LogP contribution >= 0.6 is 22.7 Å². The first kappa shape index (κ1) is 17.7. The van der Waals surface area contributed by atoms with E-state index in [2.05, 4.69) is 10.3 Å². The molecule has 9 heteroatoms. The van der Waals surface area contributed by atoms with Gasteiger partial charge in [0.15, 0.2) is 5.13 Å². The van der Waals surface area contributed by atoms with Gasteiger partial charge < -0.3 is 4.90 Å². The maximum Gasteiger partial charge on any atom is 0.258 e. The fourth-order valence-corrected chi connectivity index (χ4v) is 4.47. The lowest BCUT2D eigenvalue weighted by atomic mass is 10.1. The van der Waals surface area contributed by atoms with Gasteiger partial charge in [0.25, 0.3) is 11.8 Å². The predicted molar refractivity (Wildman–Crippen MR) is 99.2 cm³/mol. The number of halogens is 2. The fraction of sp³-hybridized carbons (Fsp3) is 0.167. The van der Waals surface area contributed by atoms with Gasteiger partial charge in [0.2, 0.25) is 0 Å². The summed E-state index contributed by atoms with van der Waals surface area (Å²) in [5.74, 6) is -2.32. The molecule has 0 spiro atoms. The third-order valence-electron chi connectivity index (χ3n) is 4.18. The molecule has 27 heavy (non-hydrogen) atoms. The van der Waals surface area contributed by atoms with Crippen LogP contribution in [0.1, 0.15) is 31.3 Å². The van der Waals surface area contributed by atoms with Crippen LogP contribution in [0, 0.1) is 11.6 Å². The standard InChI is InChI=1S/C18H13F2N3O2S2/c19-11-1-2-12(13(20)7-11)17(25)23-5-3-14-15(8-23)27-18(21-14)22-16(24)10-4-6-26-9-10/h1-2,4,6-7,9H,3,5,8H2,(H,21,22,24). The molecule has 3 aromatic rings. The van der Waals surface area contributed by atoms with Crippen LogP contribution in [0.3, 0.4) is 0 Å². The summed E-state index contributed by atoms with van der Waals surface area (Å²) in [5, 5.41) is 6.80. The van der Waals surface area contributed by atoms with E-state index < -0.39 is 17.5 Å². The number of thiophene rings is 1. The zero-order valence-corrected chi connectivity index (χ0v) is 15.5. The van der Waals surface area contributed by atoms with Crippen molar-refractivity contribution in [2.75, 3.05) is 11.9 Å². The summed E-state index contributed by atoms with van der Waals surface area (Å²) in [6.45, 7) is 0.654. The lowest BCUT2D eigenvalue weighted by Gasteiger charge is -2.26. The molecule has 1 aromatic carbocycles. The zero-order chi connectivity index (χ0) is 19.0. The Hall–Kier alpha value is -2.65. The van der Waals surface area contributed by atoms with Gasteiger partial charge in [0.1, 0.15) is 11.6 Å². The zero-order valence-electron chi connectivity index (χ0n) is 13.9. The number of rotatable bonds is 3. The Labute approximate surface area is 161 Å². The number of nitrogens with zero attached hydrogens (tertiary/aromatic N) is 2. The molecule has 0 radical (unpaired) electrons. The number of amides is 2. The molecule has 2 amide bonds. The second-order valence-corrected chi connectivity index (χ2v) is 7.82. The molecule has 0 bridgehead atoms. The Morgan fingerprint density at radius 1 is 1.22 bits per heavy atom. The van der Waals surface area contributed by atoms with Gasteiger partial charge in [-0.25, -0.2) is 13.8 Å². The predicted octanol–water partition coefficient (Wildman–Crippen LogP) is 3.93. The smallest absolute Gasteiger partial charge is 0.258 e. The van der Waals surface area contributed by atoms with Gasteiger partial charge in [-0.05, 0) is 23.6 Å². The second kappa shape index (κ2) is 7.16. The molecule has 1 N–H and O–H groups in total. The lowest BCUT2D eigenvalue weighted by Crippen LogP contribution is -2.36. The molecule has 0 saturated carbocycles. The van der Waals surface area contributed by atoms with Crippen LogP contribution in [0.15, 0.2) is 35.0 Å². The third-order valence-corrected chi connectivity index (χ3v) is 5.86. The summed E-state index contributed by atoms with van der Waals surface area (Å²) in [5.41, 5.74) is 1.23. The minimum atomic E-state index is -0.876. The van der Waals surface area contributed by atoms with E-state index in [4.69, 9.17) is 0 Å². The van der Waals surface area contributed by atoms with Crippen LogP contribution < -0.4 is 5.32 Å². The van der Waals surface area contributed by atoms with Crippen LogP contribution in [0.25, 0.3) is 0 Å². The van der Waals surface area contributed by atoms with E-state index >= 15 is 0 Å². The van der Waals surface area contributed by atoms with Gasteiger partial charge >= 0.3 is 0 Å². The van der Waals surface area contributed by atoms with Crippen LogP contribution in [-0.2, 0) is 13.0 Å². The Bertz CT molecular complexity index is 1020. The largest absolute Gasteiger partial charge is 0.333 e. The normalized spacial score (nSPS) is 13.3. The molecule has 1 aliphatic rings. The van der Waals surface area contributed by atoms with Crippen molar-refractivity contribution in [1.29, 1.82) is 0 Å². The lowest BCUT2D eigenvalue weighted by molar-refractivity contribution is 0.0731. The summed E-state index contributed by atoms with van der Waals surface area (Å²) in [4.78, 5) is 31.5. The molecule has 138 valence electrons. The van der Waals surface area contributed by atoms with E-state index in [1.807, 2.05) is 5.38 Å². The second-order valence-electron chi connectivity index (χ2n) is 5.96. The van der Waals surface area contributed by atoms with Crippen LogP contribution in [0.5, 0.6) is 0 Å². The molecule has 5 nitrogen and oxygen atoms in total. The van der Waals surface area contributed by atoms with Gasteiger partial charge in [-0.2, -0.15) is 11.3 Å². The number of carbonyl (C=O) groups excluding carboxylic acids is 2. The van der Waals surface area contributed by atoms with Crippen molar-refractivity contribution >= 4 is 39.6 Å². The maximum atomic E-state index is 13.9. The molecule has 3 heterocycles. The van der Waals surface area contributed by atoms with Crippen molar-refractivity contribution in [3.8, 4) is 0 Å². The molecule has 0 aliphatic carbocycles.